The number of amides is 1. The van der Waals surface area contributed by atoms with Gasteiger partial charge < -0.3 is 14.7 Å². The second-order valence-electron chi connectivity index (χ2n) is 4.15. The van der Waals surface area contributed by atoms with Gasteiger partial charge in [0.05, 0.1) is 12.3 Å². The SMILES string of the molecule is O=C(O)C1CN(C2CCCS2(=O)=O)C(=O)CO1. The van der Waals surface area contributed by atoms with Gasteiger partial charge in [-0.3, -0.25) is 4.79 Å². The van der Waals surface area contributed by atoms with Crippen molar-refractivity contribution in [2.45, 2.75) is 24.3 Å². The quantitative estimate of drug-likeness (QED) is 0.674. The number of aliphatic carboxylic acids is 1. The minimum atomic E-state index is -3.31. The van der Waals surface area contributed by atoms with E-state index < -0.39 is 33.2 Å². The molecule has 0 radical (unpaired) electrons. The highest BCUT2D eigenvalue weighted by atomic mass is 32.2. The highest BCUT2D eigenvalue weighted by Crippen LogP contribution is 2.25. The fourth-order valence-corrected chi connectivity index (χ4v) is 4.10. The van der Waals surface area contributed by atoms with Crippen LogP contribution in [0, 0.1) is 0 Å². The number of carbonyl (C=O) groups excluding carboxylic acids is 1. The van der Waals surface area contributed by atoms with Crippen molar-refractivity contribution in [3.05, 3.63) is 0 Å². The maximum absolute atomic E-state index is 11.7. The first-order valence-electron chi connectivity index (χ1n) is 5.27. The molecule has 17 heavy (non-hydrogen) atoms. The topological polar surface area (TPSA) is 101 Å². The van der Waals surface area contributed by atoms with Gasteiger partial charge in [0.2, 0.25) is 5.91 Å². The lowest BCUT2D eigenvalue weighted by Gasteiger charge is -2.34. The van der Waals surface area contributed by atoms with Gasteiger partial charge in [-0.2, -0.15) is 0 Å². The lowest BCUT2D eigenvalue weighted by atomic mass is 10.2. The van der Waals surface area contributed by atoms with Crippen LogP contribution in [-0.4, -0.2) is 60.7 Å². The van der Waals surface area contributed by atoms with Crippen molar-refractivity contribution in [1.82, 2.24) is 4.90 Å². The van der Waals surface area contributed by atoms with Crippen LogP contribution in [0.15, 0.2) is 0 Å². The Morgan fingerprint density at radius 1 is 1.47 bits per heavy atom. The molecule has 0 spiro atoms. The third-order valence-corrected chi connectivity index (χ3v) is 5.19. The molecule has 2 fully saturated rings. The maximum Gasteiger partial charge on any atom is 0.334 e. The molecule has 2 rings (SSSR count). The minimum Gasteiger partial charge on any atom is -0.479 e. The Morgan fingerprint density at radius 3 is 2.71 bits per heavy atom. The van der Waals surface area contributed by atoms with Crippen molar-refractivity contribution < 1.29 is 27.9 Å². The molecule has 1 amide bonds. The van der Waals surface area contributed by atoms with E-state index in [-0.39, 0.29) is 18.9 Å². The molecule has 2 aliphatic rings. The van der Waals surface area contributed by atoms with Crippen molar-refractivity contribution in [1.29, 1.82) is 0 Å². The second kappa shape index (κ2) is 4.26. The third kappa shape index (κ3) is 2.27. The first kappa shape index (κ1) is 12.3. The van der Waals surface area contributed by atoms with E-state index in [0.717, 1.165) is 4.90 Å². The number of hydrogen-bond donors (Lipinski definition) is 1. The lowest BCUT2D eigenvalue weighted by molar-refractivity contribution is -0.165. The van der Waals surface area contributed by atoms with Gasteiger partial charge in [0, 0.05) is 0 Å². The van der Waals surface area contributed by atoms with E-state index in [9.17, 15) is 18.0 Å². The number of carbonyl (C=O) groups is 2. The molecule has 2 heterocycles. The Hall–Kier alpha value is -1.15. The molecule has 0 bridgehead atoms. The predicted molar refractivity (Wildman–Crippen MR) is 55.9 cm³/mol. The number of carboxylic acids is 1. The molecule has 0 saturated carbocycles. The van der Waals surface area contributed by atoms with Crippen LogP contribution in [-0.2, 0) is 24.2 Å². The Bertz CT molecular complexity index is 444. The molecule has 2 saturated heterocycles. The summed E-state index contributed by atoms with van der Waals surface area (Å²) in [5.74, 6) is -1.59. The zero-order valence-electron chi connectivity index (χ0n) is 9.03. The third-order valence-electron chi connectivity index (χ3n) is 3.01. The normalized spacial score (nSPS) is 32.7. The molecular formula is C9H13NO6S. The lowest BCUT2D eigenvalue weighted by Crippen LogP contribution is -2.54. The number of rotatable bonds is 2. The highest BCUT2D eigenvalue weighted by Gasteiger charge is 2.42. The minimum absolute atomic E-state index is 0.0556. The second-order valence-corrected chi connectivity index (χ2v) is 6.43. The molecule has 8 heteroatoms. The van der Waals surface area contributed by atoms with Crippen LogP contribution in [0.2, 0.25) is 0 Å². The van der Waals surface area contributed by atoms with Gasteiger partial charge in [0.15, 0.2) is 15.9 Å². The van der Waals surface area contributed by atoms with Gasteiger partial charge in [-0.1, -0.05) is 0 Å². The first-order valence-corrected chi connectivity index (χ1v) is 6.99. The molecular weight excluding hydrogens is 250 g/mol. The maximum atomic E-state index is 11.7. The molecule has 0 aliphatic carbocycles. The molecule has 0 aromatic carbocycles. The summed E-state index contributed by atoms with van der Waals surface area (Å²) in [6, 6.07) is 0. The van der Waals surface area contributed by atoms with Crippen molar-refractivity contribution >= 4 is 21.7 Å². The average Bonchev–Trinajstić information content (AvgIpc) is 2.58. The number of ether oxygens (including phenoxy) is 1. The summed E-state index contributed by atoms with van der Waals surface area (Å²) < 4.78 is 28.2. The molecule has 96 valence electrons. The van der Waals surface area contributed by atoms with E-state index in [1.807, 2.05) is 0 Å². The monoisotopic (exact) mass is 263 g/mol. The Kier molecular flexibility index (Phi) is 3.09. The van der Waals surface area contributed by atoms with Crippen LogP contribution in [0.5, 0.6) is 0 Å². The Morgan fingerprint density at radius 2 is 2.18 bits per heavy atom. The van der Waals surface area contributed by atoms with Crippen LogP contribution in [0.3, 0.4) is 0 Å². The van der Waals surface area contributed by atoms with Gasteiger partial charge in [0.1, 0.15) is 12.0 Å². The molecule has 0 aromatic heterocycles. The fourth-order valence-electron chi connectivity index (χ4n) is 2.14. The van der Waals surface area contributed by atoms with Crippen LogP contribution in [0.1, 0.15) is 12.8 Å². The van der Waals surface area contributed by atoms with Crippen molar-refractivity contribution in [2.24, 2.45) is 0 Å². The van der Waals surface area contributed by atoms with E-state index in [4.69, 9.17) is 9.84 Å². The largest absolute Gasteiger partial charge is 0.479 e. The number of nitrogens with zero attached hydrogens (tertiary/aromatic N) is 1. The molecule has 2 atom stereocenters. The van der Waals surface area contributed by atoms with E-state index >= 15 is 0 Å². The van der Waals surface area contributed by atoms with E-state index in [2.05, 4.69) is 0 Å². The number of carboxylic acid groups (broad SMARTS) is 1. The van der Waals surface area contributed by atoms with Gasteiger partial charge in [-0.25, -0.2) is 13.2 Å². The summed E-state index contributed by atoms with van der Waals surface area (Å²) in [4.78, 5) is 23.5. The van der Waals surface area contributed by atoms with Gasteiger partial charge >= 0.3 is 5.97 Å². The van der Waals surface area contributed by atoms with Crippen LogP contribution >= 0.6 is 0 Å². The standard InChI is InChI=1S/C9H13NO6S/c11-7-5-16-6(9(12)13)4-10(7)8-2-1-3-17(8,14)15/h6,8H,1-5H2,(H,12,13). The summed E-state index contributed by atoms with van der Waals surface area (Å²) in [7, 11) is -3.31. The van der Waals surface area contributed by atoms with Crippen molar-refractivity contribution in [2.75, 3.05) is 18.9 Å². The summed E-state index contributed by atoms with van der Waals surface area (Å²) in [6.45, 7) is -0.568. The van der Waals surface area contributed by atoms with Crippen molar-refractivity contribution in [3.8, 4) is 0 Å². The Balaban J connectivity index is 2.18. The van der Waals surface area contributed by atoms with Gasteiger partial charge in [0.25, 0.3) is 0 Å². The van der Waals surface area contributed by atoms with E-state index in [1.54, 1.807) is 0 Å². The number of morpholine rings is 1. The summed E-state index contributed by atoms with van der Waals surface area (Å²) in [5.41, 5.74) is 0. The summed E-state index contributed by atoms with van der Waals surface area (Å²) >= 11 is 0. The molecule has 1 N–H and O–H groups in total. The molecule has 2 unspecified atom stereocenters. The zero-order chi connectivity index (χ0) is 12.6. The average molecular weight is 263 g/mol. The molecule has 0 aromatic rings. The van der Waals surface area contributed by atoms with Crippen LogP contribution in [0.25, 0.3) is 0 Å². The summed E-state index contributed by atoms with van der Waals surface area (Å²) in [5, 5.41) is 7.93. The number of sulfone groups is 1. The van der Waals surface area contributed by atoms with Gasteiger partial charge in [-0.15, -0.1) is 0 Å². The smallest absolute Gasteiger partial charge is 0.334 e. The van der Waals surface area contributed by atoms with Gasteiger partial charge in [-0.05, 0) is 12.8 Å². The van der Waals surface area contributed by atoms with Crippen LogP contribution < -0.4 is 0 Å². The Labute approximate surface area is 98.3 Å². The predicted octanol–water partition coefficient (Wildman–Crippen LogP) is -1.17. The molecule has 2 aliphatic heterocycles. The zero-order valence-corrected chi connectivity index (χ0v) is 9.85. The van der Waals surface area contributed by atoms with E-state index in [0.29, 0.717) is 12.8 Å². The summed E-state index contributed by atoms with van der Waals surface area (Å²) in [6.07, 6.45) is -0.251. The number of hydrogen-bond acceptors (Lipinski definition) is 5. The fraction of sp³-hybridized carbons (Fsp3) is 0.778. The van der Waals surface area contributed by atoms with E-state index in [1.165, 1.54) is 0 Å². The van der Waals surface area contributed by atoms with Crippen LogP contribution in [0.4, 0.5) is 0 Å². The van der Waals surface area contributed by atoms with Crippen molar-refractivity contribution in [3.63, 3.8) is 0 Å². The first-order chi connectivity index (χ1) is 7.92. The molecule has 7 nitrogen and oxygen atoms in total. The highest BCUT2D eigenvalue weighted by molar-refractivity contribution is 7.92.